The molecule has 0 spiro atoms. The Morgan fingerprint density at radius 3 is 2.59 bits per heavy atom. The van der Waals surface area contributed by atoms with Gasteiger partial charge in [0.25, 0.3) is 5.89 Å². The molecule has 1 fully saturated rings. The number of oxazole rings is 1. The lowest BCUT2D eigenvalue weighted by atomic mass is 10.2. The van der Waals surface area contributed by atoms with Crippen LogP contribution in [0.15, 0.2) is 59.1 Å². The van der Waals surface area contributed by atoms with Gasteiger partial charge in [-0.2, -0.15) is 0 Å². The second-order valence-corrected chi connectivity index (χ2v) is 7.15. The van der Waals surface area contributed by atoms with Crippen molar-refractivity contribution in [3.8, 4) is 17.1 Å². The van der Waals surface area contributed by atoms with Gasteiger partial charge in [0.1, 0.15) is 5.75 Å². The van der Waals surface area contributed by atoms with E-state index in [1.165, 1.54) is 10.6 Å². The van der Waals surface area contributed by atoms with E-state index in [4.69, 9.17) is 20.8 Å². The lowest BCUT2D eigenvalue weighted by molar-refractivity contribution is -0.915. The van der Waals surface area contributed by atoms with E-state index < -0.39 is 0 Å². The summed E-state index contributed by atoms with van der Waals surface area (Å²) in [6, 6.07) is 15.8. The van der Waals surface area contributed by atoms with Gasteiger partial charge in [-0.1, -0.05) is 23.7 Å². The lowest BCUT2D eigenvalue weighted by Crippen LogP contribution is -3.13. The van der Waals surface area contributed by atoms with E-state index in [-0.39, 0.29) is 0 Å². The lowest BCUT2D eigenvalue weighted by Gasteiger charge is -2.33. The van der Waals surface area contributed by atoms with Gasteiger partial charge in [0.15, 0.2) is 12.3 Å². The van der Waals surface area contributed by atoms with E-state index in [2.05, 4.69) is 22.0 Å². The molecule has 0 unspecified atom stereocenters. The molecule has 140 valence electrons. The van der Waals surface area contributed by atoms with E-state index in [9.17, 15) is 0 Å². The molecule has 6 heteroatoms. The Morgan fingerprint density at radius 2 is 1.85 bits per heavy atom. The molecule has 2 heterocycles. The average Bonchev–Trinajstić information content (AvgIpc) is 3.17. The van der Waals surface area contributed by atoms with Crippen LogP contribution in [0.1, 0.15) is 5.89 Å². The van der Waals surface area contributed by atoms with Crippen LogP contribution in [0.4, 0.5) is 5.69 Å². The summed E-state index contributed by atoms with van der Waals surface area (Å²) in [4.78, 5) is 8.32. The maximum Gasteiger partial charge on any atom is 0.250 e. The van der Waals surface area contributed by atoms with Gasteiger partial charge in [-0.3, -0.25) is 0 Å². The average molecular weight is 385 g/mol. The summed E-state index contributed by atoms with van der Waals surface area (Å²) in [5.74, 6) is 2.50. The van der Waals surface area contributed by atoms with Gasteiger partial charge in [0, 0.05) is 10.6 Å². The quantitative estimate of drug-likeness (QED) is 0.734. The van der Waals surface area contributed by atoms with E-state index in [0.29, 0.717) is 0 Å². The number of para-hydroxylation sites is 2. The minimum atomic E-state index is 0.718. The number of methoxy groups -OCH3 is 1. The summed E-state index contributed by atoms with van der Waals surface area (Å²) >= 11 is 5.95. The number of piperazine rings is 1. The van der Waals surface area contributed by atoms with E-state index in [0.717, 1.165) is 60.7 Å². The molecule has 4 rings (SSSR count). The molecular formula is C21H23ClN3O2+. The first-order valence-electron chi connectivity index (χ1n) is 9.15. The summed E-state index contributed by atoms with van der Waals surface area (Å²) in [5.41, 5.74) is 2.16. The monoisotopic (exact) mass is 384 g/mol. The van der Waals surface area contributed by atoms with Gasteiger partial charge in [-0.25, -0.2) is 4.98 Å². The van der Waals surface area contributed by atoms with Gasteiger partial charge in [-0.15, -0.1) is 0 Å². The van der Waals surface area contributed by atoms with Crippen LogP contribution in [-0.2, 0) is 6.54 Å². The molecule has 0 atom stereocenters. The topological polar surface area (TPSA) is 42.9 Å². The third-order valence-corrected chi connectivity index (χ3v) is 5.23. The molecule has 2 aromatic carbocycles. The highest BCUT2D eigenvalue weighted by atomic mass is 35.5. The molecule has 1 aromatic heterocycles. The van der Waals surface area contributed by atoms with E-state index >= 15 is 0 Å². The minimum Gasteiger partial charge on any atom is -0.495 e. The van der Waals surface area contributed by atoms with Crippen molar-refractivity contribution in [1.82, 2.24) is 4.98 Å². The molecule has 0 radical (unpaired) electrons. The highest BCUT2D eigenvalue weighted by molar-refractivity contribution is 6.30. The van der Waals surface area contributed by atoms with Gasteiger partial charge in [0.2, 0.25) is 0 Å². The third-order valence-electron chi connectivity index (χ3n) is 4.98. The molecule has 0 saturated carbocycles. The summed E-state index contributed by atoms with van der Waals surface area (Å²) in [6.45, 7) is 4.85. The van der Waals surface area contributed by atoms with Gasteiger partial charge in [0.05, 0.1) is 45.2 Å². The second-order valence-electron chi connectivity index (χ2n) is 6.71. The molecule has 0 amide bonds. The standard InChI is InChI=1S/C21H22ClN3O2/c1-26-19-5-3-2-4-18(19)25-12-10-24(11-13-25)15-21-23-14-20(27-21)16-6-8-17(22)9-7-16/h2-9,14H,10-13,15H2,1H3/p+1. The molecule has 27 heavy (non-hydrogen) atoms. The predicted octanol–water partition coefficient (Wildman–Crippen LogP) is 2.91. The van der Waals surface area contributed by atoms with Crippen molar-refractivity contribution < 1.29 is 14.1 Å². The molecule has 3 aromatic rings. The maximum atomic E-state index is 5.95. The highest BCUT2D eigenvalue weighted by Gasteiger charge is 2.23. The van der Waals surface area contributed by atoms with Crippen LogP contribution in [0.5, 0.6) is 5.75 Å². The van der Waals surface area contributed by atoms with Crippen molar-refractivity contribution in [1.29, 1.82) is 0 Å². The van der Waals surface area contributed by atoms with Crippen LogP contribution in [0, 0.1) is 0 Å². The number of nitrogens with zero attached hydrogens (tertiary/aromatic N) is 2. The smallest absolute Gasteiger partial charge is 0.250 e. The first-order valence-corrected chi connectivity index (χ1v) is 9.53. The van der Waals surface area contributed by atoms with Crippen LogP contribution in [0.3, 0.4) is 0 Å². The summed E-state index contributed by atoms with van der Waals surface area (Å²) in [6.07, 6.45) is 1.79. The second kappa shape index (κ2) is 8.03. The largest absolute Gasteiger partial charge is 0.495 e. The number of nitrogens with one attached hydrogen (secondary N) is 1. The minimum absolute atomic E-state index is 0.718. The van der Waals surface area contributed by atoms with Gasteiger partial charge in [-0.05, 0) is 36.4 Å². The zero-order chi connectivity index (χ0) is 18.6. The maximum absolute atomic E-state index is 5.95. The first-order chi connectivity index (χ1) is 13.2. The number of quaternary nitrogens is 1. The van der Waals surface area contributed by atoms with Crippen molar-refractivity contribution in [3.63, 3.8) is 0 Å². The van der Waals surface area contributed by atoms with Crippen LogP contribution in [-0.4, -0.2) is 38.3 Å². The zero-order valence-electron chi connectivity index (χ0n) is 15.3. The van der Waals surface area contributed by atoms with Crippen molar-refractivity contribution in [3.05, 3.63) is 65.6 Å². The Morgan fingerprint density at radius 1 is 1.11 bits per heavy atom. The molecule has 1 N–H and O–H groups in total. The van der Waals surface area contributed by atoms with E-state index in [1.54, 1.807) is 13.3 Å². The normalized spacial score (nSPS) is 15.1. The van der Waals surface area contributed by atoms with Crippen LogP contribution in [0.2, 0.25) is 5.02 Å². The van der Waals surface area contributed by atoms with Gasteiger partial charge < -0.3 is 19.0 Å². The Balaban J connectivity index is 1.36. The number of hydrogen-bond donors (Lipinski definition) is 1. The van der Waals surface area contributed by atoms with Crippen LogP contribution in [0.25, 0.3) is 11.3 Å². The number of aromatic nitrogens is 1. The Labute approximate surface area is 164 Å². The van der Waals surface area contributed by atoms with Crippen molar-refractivity contribution in [2.75, 3.05) is 38.2 Å². The summed E-state index contributed by atoms with van der Waals surface area (Å²) in [5, 5.41) is 0.718. The number of ether oxygens (including phenoxy) is 1. The number of anilines is 1. The van der Waals surface area contributed by atoms with E-state index in [1.807, 2.05) is 36.4 Å². The molecule has 5 nitrogen and oxygen atoms in total. The first kappa shape index (κ1) is 17.9. The SMILES string of the molecule is COc1ccccc1N1CC[NH+](Cc2ncc(-c3ccc(Cl)cc3)o2)CC1. The number of halogens is 1. The predicted molar refractivity (Wildman–Crippen MR) is 107 cm³/mol. The van der Waals surface area contributed by atoms with Crippen molar-refractivity contribution in [2.45, 2.75) is 6.54 Å². The molecule has 0 aliphatic carbocycles. The highest BCUT2D eigenvalue weighted by Crippen LogP contribution is 2.27. The fourth-order valence-electron chi connectivity index (χ4n) is 3.49. The Bertz CT molecular complexity index is 886. The Kier molecular flexibility index (Phi) is 5.32. The molecular weight excluding hydrogens is 362 g/mol. The Hall–Kier alpha value is -2.50. The van der Waals surface area contributed by atoms with Crippen molar-refractivity contribution in [2.24, 2.45) is 0 Å². The number of benzene rings is 2. The fourth-order valence-corrected chi connectivity index (χ4v) is 3.61. The summed E-state index contributed by atoms with van der Waals surface area (Å²) < 4.78 is 11.4. The number of rotatable bonds is 5. The third kappa shape index (κ3) is 4.10. The molecule has 0 bridgehead atoms. The van der Waals surface area contributed by atoms with Crippen LogP contribution >= 0.6 is 11.6 Å². The molecule has 1 aliphatic heterocycles. The zero-order valence-corrected chi connectivity index (χ0v) is 16.1. The fraction of sp³-hybridized carbons (Fsp3) is 0.286. The van der Waals surface area contributed by atoms with Gasteiger partial charge >= 0.3 is 0 Å². The molecule has 1 saturated heterocycles. The van der Waals surface area contributed by atoms with Crippen LogP contribution < -0.4 is 14.5 Å². The number of hydrogen-bond acceptors (Lipinski definition) is 4. The van der Waals surface area contributed by atoms with Crippen molar-refractivity contribution >= 4 is 17.3 Å². The molecule has 1 aliphatic rings. The summed E-state index contributed by atoms with van der Waals surface area (Å²) in [7, 11) is 1.72.